The van der Waals surface area contributed by atoms with E-state index in [2.05, 4.69) is 26.1 Å². The molecule has 0 unspecified atom stereocenters. The van der Waals surface area contributed by atoms with Gasteiger partial charge in [-0.2, -0.15) is 0 Å². The van der Waals surface area contributed by atoms with E-state index in [0.29, 0.717) is 39.6 Å². The summed E-state index contributed by atoms with van der Waals surface area (Å²) < 4.78 is 22.4. The Morgan fingerprint density at radius 2 is 2.10 bits per heavy atom. The molecular weight excluding hydrogens is 460 g/mol. The molecule has 1 aromatic carbocycles. The Morgan fingerprint density at radius 3 is 2.90 bits per heavy atom. The number of hydrogen-bond donors (Lipinski definition) is 0. The van der Waals surface area contributed by atoms with E-state index in [1.807, 2.05) is 17.5 Å². The Labute approximate surface area is 177 Å². The summed E-state index contributed by atoms with van der Waals surface area (Å²) in [6, 6.07) is 9.17. The van der Waals surface area contributed by atoms with Gasteiger partial charge in [0.1, 0.15) is 6.61 Å². The Bertz CT molecular complexity index is 1240. The van der Waals surface area contributed by atoms with Crippen LogP contribution in [0.4, 0.5) is 0 Å². The molecule has 1 aliphatic heterocycles. The first-order valence-corrected chi connectivity index (χ1v) is 10.3. The largest absolute Gasteiger partial charge is 0.457 e. The summed E-state index contributed by atoms with van der Waals surface area (Å²) in [5.41, 5.74) is 2.67. The summed E-state index contributed by atoms with van der Waals surface area (Å²) >= 11 is 5.01. The Morgan fingerprint density at radius 1 is 1.28 bits per heavy atom. The summed E-state index contributed by atoms with van der Waals surface area (Å²) in [5.74, 6) is 0.801. The van der Waals surface area contributed by atoms with Crippen LogP contribution in [0.1, 0.15) is 21.6 Å². The van der Waals surface area contributed by atoms with Crippen LogP contribution >= 0.6 is 27.3 Å². The lowest BCUT2D eigenvalue weighted by Crippen LogP contribution is -2.07. The van der Waals surface area contributed by atoms with E-state index < -0.39 is 5.97 Å². The predicted molar refractivity (Wildman–Crippen MR) is 109 cm³/mol. The molecule has 9 heteroatoms. The zero-order valence-corrected chi connectivity index (χ0v) is 17.5. The van der Waals surface area contributed by atoms with Crippen molar-refractivity contribution in [2.45, 2.75) is 13.5 Å². The maximum Gasteiger partial charge on any atom is 0.339 e. The number of halogens is 1. The highest BCUT2D eigenvalue weighted by atomic mass is 79.9. The molecule has 146 valence electrons. The van der Waals surface area contributed by atoms with Gasteiger partial charge in [0.05, 0.1) is 27.2 Å². The minimum Gasteiger partial charge on any atom is -0.457 e. The number of thiophene rings is 1. The molecule has 0 saturated carbocycles. The van der Waals surface area contributed by atoms with Crippen LogP contribution in [0, 0.1) is 6.92 Å². The molecule has 5 rings (SSSR count). The number of benzene rings is 1. The highest BCUT2D eigenvalue weighted by Gasteiger charge is 2.22. The van der Waals surface area contributed by atoms with Crippen molar-refractivity contribution >= 4 is 44.3 Å². The van der Waals surface area contributed by atoms with Gasteiger partial charge >= 0.3 is 5.97 Å². The van der Waals surface area contributed by atoms with Gasteiger partial charge in [-0.25, -0.2) is 9.78 Å². The third-order valence-electron chi connectivity index (χ3n) is 4.51. The fraction of sp³-hybridized carbons (Fsp3) is 0.150. The van der Waals surface area contributed by atoms with Crippen LogP contribution in [0.5, 0.6) is 11.5 Å². The molecule has 29 heavy (non-hydrogen) atoms. The van der Waals surface area contributed by atoms with Crippen molar-refractivity contribution in [2.75, 3.05) is 6.79 Å². The Hall–Kier alpha value is -2.91. The molecule has 0 atom stereocenters. The summed E-state index contributed by atoms with van der Waals surface area (Å²) in [4.78, 5) is 18.4. The van der Waals surface area contributed by atoms with Gasteiger partial charge in [0.15, 0.2) is 11.5 Å². The second-order valence-electron chi connectivity index (χ2n) is 6.35. The zero-order chi connectivity index (χ0) is 20.0. The molecular formula is C20H13BrN2O5S. The molecule has 7 nitrogen and oxygen atoms in total. The van der Waals surface area contributed by atoms with Crippen LogP contribution in [-0.4, -0.2) is 22.9 Å². The van der Waals surface area contributed by atoms with Crippen molar-refractivity contribution in [1.29, 1.82) is 0 Å². The van der Waals surface area contributed by atoms with Crippen molar-refractivity contribution in [3.05, 3.63) is 57.0 Å². The highest BCUT2D eigenvalue weighted by Crippen LogP contribution is 2.37. The highest BCUT2D eigenvalue weighted by molar-refractivity contribution is 9.10. The van der Waals surface area contributed by atoms with Gasteiger partial charge in [0.2, 0.25) is 6.79 Å². The number of aryl methyl sites for hydroxylation is 1. The second kappa shape index (κ2) is 7.16. The van der Waals surface area contributed by atoms with Gasteiger partial charge in [0.25, 0.3) is 5.71 Å². The quantitative estimate of drug-likeness (QED) is 0.381. The first-order valence-electron chi connectivity index (χ1n) is 8.66. The summed E-state index contributed by atoms with van der Waals surface area (Å²) in [6.07, 6.45) is 0. The summed E-state index contributed by atoms with van der Waals surface area (Å²) in [7, 11) is 0. The fourth-order valence-corrected chi connectivity index (χ4v) is 4.22. The third-order valence-corrected chi connectivity index (χ3v) is 6.14. The maximum absolute atomic E-state index is 13.0. The van der Waals surface area contributed by atoms with Crippen LogP contribution in [0.2, 0.25) is 0 Å². The minimum atomic E-state index is -0.480. The predicted octanol–water partition coefficient (Wildman–Crippen LogP) is 5.11. The minimum absolute atomic E-state index is 0.0680. The number of rotatable bonds is 4. The van der Waals surface area contributed by atoms with Gasteiger partial charge in [-0.1, -0.05) is 27.2 Å². The van der Waals surface area contributed by atoms with Crippen molar-refractivity contribution in [1.82, 2.24) is 10.1 Å². The van der Waals surface area contributed by atoms with Gasteiger partial charge in [-0.15, -0.1) is 11.3 Å². The van der Waals surface area contributed by atoms with Crippen molar-refractivity contribution in [2.24, 2.45) is 0 Å². The standard InChI is InChI=1S/C20H13BrN2O5S/c1-10-18-12(6-14(17-3-2-4-29-17)22-19(18)28-23-10)20(24)25-8-11-5-15-16(7-13(11)21)27-9-26-15/h2-7H,8-9H2,1H3. The van der Waals surface area contributed by atoms with Crippen LogP contribution in [-0.2, 0) is 11.3 Å². The number of nitrogens with zero attached hydrogens (tertiary/aromatic N) is 2. The van der Waals surface area contributed by atoms with Crippen LogP contribution in [0.25, 0.3) is 21.7 Å². The van der Waals surface area contributed by atoms with Gasteiger partial charge in [-0.3, -0.25) is 0 Å². The lowest BCUT2D eigenvalue weighted by atomic mass is 10.1. The van der Waals surface area contributed by atoms with Gasteiger partial charge < -0.3 is 18.7 Å². The van der Waals surface area contributed by atoms with Crippen molar-refractivity contribution in [3.8, 4) is 22.1 Å². The third kappa shape index (κ3) is 3.26. The lowest BCUT2D eigenvalue weighted by molar-refractivity contribution is 0.0474. The summed E-state index contributed by atoms with van der Waals surface area (Å²) in [6.45, 7) is 2.01. The van der Waals surface area contributed by atoms with Crippen LogP contribution < -0.4 is 9.47 Å². The molecule has 0 radical (unpaired) electrons. The van der Waals surface area contributed by atoms with Crippen molar-refractivity contribution in [3.63, 3.8) is 0 Å². The van der Waals surface area contributed by atoms with E-state index in [9.17, 15) is 4.79 Å². The fourth-order valence-electron chi connectivity index (χ4n) is 3.10. The van der Waals surface area contributed by atoms with E-state index in [1.165, 1.54) is 11.3 Å². The number of ether oxygens (including phenoxy) is 3. The van der Waals surface area contributed by atoms with Crippen LogP contribution in [0.15, 0.2) is 44.7 Å². The molecule has 0 amide bonds. The van der Waals surface area contributed by atoms with E-state index in [1.54, 1.807) is 25.1 Å². The zero-order valence-electron chi connectivity index (χ0n) is 15.1. The Kier molecular flexibility index (Phi) is 4.48. The first kappa shape index (κ1) is 18.1. The lowest BCUT2D eigenvalue weighted by Gasteiger charge is -2.09. The number of pyridine rings is 1. The second-order valence-corrected chi connectivity index (χ2v) is 8.16. The molecule has 4 heterocycles. The van der Waals surface area contributed by atoms with Crippen molar-refractivity contribution < 1.29 is 23.5 Å². The Balaban J connectivity index is 1.47. The van der Waals surface area contributed by atoms with E-state index in [-0.39, 0.29) is 13.4 Å². The SMILES string of the molecule is Cc1noc2nc(-c3cccs3)cc(C(=O)OCc3cc4c(cc3Br)OCO4)c12. The first-order chi connectivity index (χ1) is 14.1. The number of esters is 1. The summed E-state index contributed by atoms with van der Waals surface area (Å²) in [5, 5.41) is 6.46. The van der Waals surface area contributed by atoms with E-state index in [4.69, 9.17) is 18.7 Å². The number of aromatic nitrogens is 2. The monoisotopic (exact) mass is 472 g/mol. The van der Waals surface area contributed by atoms with E-state index in [0.717, 1.165) is 14.9 Å². The molecule has 0 spiro atoms. The molecule has 3 aromatic heterocycles. The number of carbonyl (C=O) groups is 1. The smallest absolute Gasteiger partial charge is 0.339 e. The normalized spacial score (nSPS) is 12.5. The molecule has 0 N–H and O–H groups in total. The molecule has 1 aliphatic rings. The number of carbonyl (C=O) groups excluding carboxylic acids is 1. The molecule has 4 aromatic rings. The molecule has 0 fully saturated rings. The van der Waals surface area contributed by atoms with Gasteiger partial charge in [0, 0.05) is 10.0 Å². The van der Waals surface area contributed by atoms with Gasteiger partial charge in [-0.05, 0) is 36.6 Å². The number of hydrogen-bond acceptors (Lipinski definition) is 8. The van der Waals surface area contributed by atoms with E-state index >= 15 is 0 Å². The number of fused-ring (bicyclic) bond motifs is 2. The molecule has 0 aliphatic carbocycles. The average molecular weight is 473 g/mol. The molecule has 0 bridgehead atoms. The maximum atomic E-state index is 13.0. The molecule has 0 saturated heterocycles. The topological polar surface area (TPSA) is 83.7 Å². The van der Waals surface area contributed by atoms with Crippen LogP contribution in [0.3, 0.4) is 0 Å². The average Bonchev–Trinajstić information content (AvgIpc) is 3.46.